The molecule has 0 aromatic carbocycles. The quantitative estimate of drug-likeness (QED) is 0.730. The summed E-state index contributed by atoms with van der Waals surface area (Å²) in [5.74, 6) is 2.56. The fourth-order valence-corrected chi connectivity index (χ4v) is 2.41. The second-order valence-electron chi connectivity index (χ2n) is 6.65. The van der Waals surface area contributed by atoms with Crippen molar-refractivity contribution in [2.75, 3.05) is 42.8 Å². The second kappa shape index (κ2) is 8.78. The Morgan fingerprint density at radius 3 is 2.23 bits per heavy atom. The third-order valence-corrected chi connectivity index (χ3v) is 3.13. The van der Waals surface area contributed by atoms with Crippen LogP contribution in [0.2, 0.25) is 0 Å². The minimum Gasteiger partial charge on any atom is -0.393 e. The Morgan fingerprint density at radius 2 is 1.73 bits per heavy atom. The third-order valence-electron chi connectivity index (χ3n) is 3.13. The number of rotatable bonds is 9. The van der Waals surface area contributed by atoms with E-state index in [2.05, 4.69) is 47.9 Å². The Morgan fingerprint density at radius 1 is 1.14 bits per heavy atom. The van der Waals surface area contributed by atoms with Gasteiger partial charge in [-0.2, -0.15) is 0 Å². The van der Waals surface area contributed by atoms with Crippen molar-refractivity contribution in [1.29, 1.82) is 0 Å². The number of ether oxygens (including phenoxy) is 1. The van der Waals surface area contributed by atoms with Gasteiger partial charge in [0, 0.05) is 26.2 Å². The Kier molecular flexibility index (Phi) is 7.38. The van der Waals surface area contributed by atoms with Crippen molar-refractivity contribution in [2.45, 2.75) is 40.7 Å². The van der Waals surface area contributed by atoms with E-state index < -0.39 is 0 Å². The van der Waals surface area contributed by atoms with Gasteiger partial charge >= 0.3 is 0 Å². The Bertz CT molecular complexity index is 440. The van der Waals surface area contributed by atoms with Crippen molar-refractivity contribution < 1.29 is 4.74 Å². The van der Waals surface area contributed by atoms with Gasteiger partial charge in [-0.25, -0.2) is 9.97 Å². The molecule has 0 amide bonds. The Hall–Kier alpha value is -1.56. The normalized spacial score (nSPS) is 12.7. The van der Waals surface area contributed by atoms with E-state index >= 15 is 0 Å². The predicted molar refractivity (Wildman–Crippen MR) is 93.3 cm³/mol. The van der Waals surface area contributed by atoms with Gasteiger partial charge in [0.2, 0.25) is 0 Å². The van der Waals surface area contributed by atoms with Crippen LogP contribution in [0.25, 0.3) is 0 Å². The van der Waals surface area contributed by atoms with Gasteiger partial charge in [-0.3, -0.25) is 0 Å². The van der Waals surface area contributed by atoms with Crippen molar-refractivity contribution >= 4 is 17.3 Å². The number of nitrogens with one attached hydrogen (secondary N) is 1. The van der Waals surface area contributed by atoms with Gasteiger partial charge in [-0.1, -0.05) is 27.7 Å². The van der Waals surface area contributed by atoms with Crippen molar-refractivity contribution in [3.05, 3.63) is 6.33 Å². The SMILES string of the molecule is COCC(C)Nc1ncnc(N(CC(C)C)CC(C)C)c1N. The maximum Gasteiger partial charge on any atom is 0.157 e. The van der Waals surface area contributed by atoms with Crippen LogP contribution in [-0.2, 0) is 4.74 Å². The zero-order valence-corrected chi connectivity index (χ0v) is 14.8. The molecule has 0 saturated carbocycles. The van der Waals surface area contributed by atoms with Crippen LogP contribution in [0.4, 0.5) is 17.3 Å². The number of nitrogens with zero attached hydrogens (tertiary/aromatic N) is 3. The number of hydrogen-bond acceptors (Lipinski definition) is 6. The number of nitrogens with two attached hydrogens (primary N) is 1. The molecule has 1 atom stereocenters. The lowest BCUT2D eigenvalue weighted by atomic mass is 10.1. The molecule has 22 heavy (non-hydrogen) atoms. The summed E-state index contributed by atoms with van der Waals surface area (Å²) in [6.45, 7) is 13.3. The topological polar surface area (TPSA) is 76.3 Å². The molecule has 6 heteroatoms. The van der Waals surface area contributed by atoms with Gasteiger partial charge in [-0.05, 0) is 18.8 Å². The number of aromatic nitrogens is 2. The highest BCUT2D eigenvalue weighted by molar-refractivity contribution is 5.75. The number of hydrogen-bond donors (Lipinski definition) is 2. The molecule has 0 radical (unpaired) electrons. The Balaban J connectivity index is 3.00. The van der Waals surface area contributed by atoms with Gasteiger partial charge in [0.05, 0.1) is 6.61 Å². The molecule has 0 bridgehead atoms. The van der Waals surface area contributed by atoms with E-state index in [9.17, 15) is 0 Å². The van der Waals surface area contributed by atoms with Gasteiger partial charge in [0.15, 0.2) is 11.6 Å². The van der Waals surface area contributed by atoms with Gasteiger partial charge in [0.25, 0.3) is 0 Å². The molecule has 1 aromatic heterocycles. The van der Waals surface area contributed by atoms with E-state index in [-0.39, 0.29) is 6.04 Å². The highest BCUT2D eigenvalue weighted by atomic mass is 16.5. The molecule has 6 nitrogen and oxygen atoms in total. The molecule has 1 unspecified atom stereocenters. The average Bonchev–Trinajstić information content (AvgIpc) is 2.39. The van der Waals surface area contributed by atoms with Crippen LogP contribution in [0.3, 0.4) is 0 Å². The van der Waals surface area contributed by atoms with Crippen LogP contribution in [0.5, 0.6) is 0 Å². The van der Waals surface area contributed by atoms with Crippen molar-refractivity contribution in [3.8, 4) is 0 Å². The lowest BCUT2D eigenvalue weighted by Crippen LogP contribution is -2.33. The summed E-state index contributed by atoms with van der Waals surface area (Å²) in [5.41, 5.74) is 6.91. The summed E-state index contributed by atoms with van der Waals surface area (Å²) >= 11 is 0. The third kappa shape index (κ3) is 5.67. The maximum absolute atomic E-state index is 6.31. The van der Waals surface area contributed by atoms with Crippen LogP contribution < -0.4 is 16.0 Å². The molecule has 0 fully saturated rings. The van der Waals surface area contributed by atoms with Crippen molar-refractivity contribution in [1.82, 2.24) is 9.97 Å². The van der Waals surface area contributed by atoms with E-state index in [1.807, 2.05) is 6.92 Å². The molecule has 1 aromatic rings. The van der Waals surface area contributed by atoms with Crippen LogP contribution in [0.1, 0.15) is 34.6 Å². The summed E-state index contributed by atoms with van der Waals surface area (Å²) in [5, 5.41) is 3.29. The molecule has 126 valence electrons. The van der Waals surface area contributed by atoms with Crippen LogP contribution in [0, 0.1) is 11.8 Å². The monoisotopic (exact) mass is 309 g/mol. The summed E-state index contributed by atoms with van der Waals surface area (Å²) in [7, 11) is 1.68. The highest BCUT2D eigenvalue weighted by Crippen LogP contribution is 2.27. The first-order chi connectivity index (χ1) is 10.3. The van der Waals surface area contributed by atoms with Gasteiger partial charge in [0.1, 0.15) is 12.0 Å². The molecule has 1 heterocycles. The van der Waals surface area contributed by atoms with Crippen molar-refractivity contribution in [3.63, 3.8) is 0 Å². The average molecular weight is 309 g/mol. The minimum atomic E-state index is 0.138. The zero-order valence-electron chi connectivity index (χ0n) is 14.8. The number of methoxy groups -OCH3 is 1. The van der Waals surface area contributed by atoms with Crippen LogP contribution in [-0.4, -0.2) is 42.8 Å². The first-order valence-corrected chi connectivity index (χ1v) is 7.96. The van der Waals surface area contributed by atoms with Gasteiger partial charge < -0.3 is 20.7 Å². The molecule has 0 saturated heterocycles. The summed E-state index contributed by atoms with van der Waals surface area (Å²) in [6, 6.07) is 0.138. The first kappa shape index (κ1) is 18.5. The van der Waals surface area contributed by atoms with E-state index in [4.69, 9.17) is 10.5 Å². The fourth-order valence-electron chi connectivity index (χ4n) is 2.41. The summed E-state index contributed by atoms with van der Waals surface area (Å²) in [4.78, 5) is 10.9. The first-order valence-electron chi connectivity index (χ1n) is 7.96. The smallest absolute Gasteiger partial charge is 0.157 e. The standard InChI is InChI=1S/C16H31N5O/c1-11(2)7-21(8-12(3)4)16-14(17)15(18-10-19-16)20-13(5)9-22-6/h10-13H,7-9,17H2,1-6H3,(H,18,19,20). The lowest BCUT2D eigenvalue weighted by Gasteiger charge is -2.29. The van der Waals surface area contributed by atoms with E-state index in [0.717, 1.165) is 18.9 Å². The zero-order chi connectivity index (χ0) is 16.7. The van der Waals surface area contributed by atoms with E-state index in [1.165, 1.54) is 0 Å². The molecular formula is C16H31N5O. The van der Waals surface area contributed by atoms with E-state index in [0.29, 0.717) is 29.9 Å². The maximum atomic E-state index is 6.31. The predicted octanol–water partition coefficient (Wildman–Crippen LogP) is 2.62. The molecule has 0 aliphatic carbocycles. The second-order valence-corrected chi connectivity index (χ2v) is 6.65. The summed E-state index contributed by atoms with van der Waals surface area (Å²) < 4.78 is 5.14. The Labute approximate surface area is 134 Å². The lowest BCUT2D eigenvalue weighted by molar-refractivity contribution is 0.190. The van der Waals surface area contributed by atoms with Crippen LogP contribution >= 0.6 is 0 Å². The van der Waals surface area contributed by atoms with Crippen LogP contribution in [0.15, 0.2) is 6.33 Å². The molecule has 0 aliphatic rings. The number of anilines is 3. The fraction of sp³-hybridized carbons (Fsp3) is 0.750. The summed E-state index contributed by atoms with van der Waals surface area (Å²) in [6.07, 6.45) is 1.57. The largest absolute Gasteiger partial charge is 0.393 e. The number of nitrogen functional groups attached to an aromatic ring is 1. The molecule has 3 N–H and O–H groups in total. The highest BCUT2D eigenvalue weighted by Gasteiger charge is 2.18. The minimum absolute atomic E-state index is 0.138. The van der Waals surface area contributed by atoms with Crippen molar-refractivity contribution in [2.24, 2.45) is 11.8 Å². The molecule has 0 spiro atoms. The molecule has 0 aliphatic heterocycles. The molecular weight excluding hydrogens is 278 g/mol. The molecule has 1 rings (SSSR count). The van der Waals surface area contributed by atoms with E-state index in [1.54, 1.807) is 13.4 Å². The van der Waals surface area contributed by atoms with Gasteiger partial charge in [-0.15, -0.1) is 0 Å².